The van der Waals surface area contributed by atoms with Gasteiger partial charge in [-0.25, -0.2) is 0 Å². The number of halogens is 3. The fourth-order valence-electron chi connectivity index (χ4n) is 4.27. The number of nitrogens with one attached hydrogen (secondary N) is 1. The molecular weight excluding hydrogens is 341 g/mol. The van der Waals surface area contributed by atoms with E-state index >= 15 is 0 Å². The first-order chi connectivity index (χ1) is 12.4. The Labute approximate surface area is 152 Å². The molecule has 2 heterocycles. The van der Waals surface area contributed by atoms with Crippen molar-refractivity contribution < 1.29 is 18.0 Å². The molecule has 3 rings (SSSR count). The zero-order chi connectivity index (χ0) is 18.6. The molecule has 2 aliphatic rings. The number of aryl methyl sites for hydroxylation is 1. The Balaban J connectivity index is 1.47. The topological polar surface area (TPSA) is 32.3 Å². The molecular formula is C20H27F3N2O. The largest absolute Gasteiger partial charge is 0.416 e. The smallest absolute Gasteiger partial charge is 0.356 e. The van der Waals surface area contributed by atoms with Crippen LogP contribution < -0.4 is 5.32 Å². The van der Waals surface area contributed by atoms with Crippen LogP contribution in [0.15, 0.2) is 24.3 Å². The molecule has 0 radical (unpaired) electrons. The number of amides is 1. The molecule has 2 atom stereocenters. The molecule has 1 aromatic carbocycles. The second-order valence-electron chi connectivity index (χ2n) is 7.52. The lowest BCUT2D eigenvalue weighted by Crippen LogP contribution is -2.45. The van der Waals surface area contributed by atoms with Gasteiger partial charge in [-0.1, -0.05) is 24.6 Å². The van der Waals surface area contributed by atoms with E-state index in [-0.39, 0.29) is 5.91 Å². The Morgan fingerprint density at radius 1 is 1.19 bits per heavy atom. The third-order valence-electron chi connectivity index (χ3n) is 5.63. The summed E-state index contributed by atoms with van der Waals surface area (Å²) in [6.07, 6.45) is 2.44. The van der Waals surface area contributed by atoms with Crippen molar-refractivity contribution in [3.63, 3.8) is 0 Å². The van der Waals surface area contributed by atoms with Crippen LogP contribution in [0, 0.1) is 5.92 Å². The van der Waals surface area contributed by atoms with Gasteiger partial charge >= 0.3 is 6.18 Å². The average Bonchev–Trinajstić information content (AvgIpc) is 3.05. The SMILES string of the molecule is O=C1C[C@H]([C@@H]2CCCCN2CCCCc2cccc(C(F)(F)F)c2)CN1. The van der Waals surface area contributed by atoms with Crippen molar-refractivity contribution in [1.82, 2.24) is 10.2 Å². The molecule has 2 saturated heterocycles. The van der Waals surface area contributed by atoms with E-state index < -0.39 is 11.7 Å². The van der Waals surface area contributed by atoms with Crippen molar-refractivity contribution in [2.24, 2.45) is 5.92 Å². The van der Waals surface area contributed by atoms with Crippen molar-refractivity contribution in [2.75, 3.05) is 19.6 Å². The van der Waals surface area contributed by atoms with Crippen LogP contribution in [0.5, 0.6) is 0 Å². The molecule has 1 aromatic rings. The van der Waals surface area contributed by atoms with Crippen molar-refractivity contribution in [3.8, 4) is 0 Å². The zero-order valence-corrected chi connectivity index (χ0v) is 15.0. The second kappa shape index (κ2) is 8.42. The van der Waals surface area contributed by atoms with Gasteiger partial charge < -0.3 is 10.2 Å². The number of benzene rings is 1. The van der Waals surface area contributed by atoms with Gasteiger partial charge in [0, 0.05) is 24.9 Å². The monoisotopic (exact) mass is 368 g/mol. The highest BCUT2D eigenvalue weighted by Gasteiger charge is 2.34. The van der Waals surface area contributed by atoms with Gasteiger partial charge in [0.25, 0.3) is 0 Å². The van der Waals surface area contributed by atoms with Crippen LogP contribution in [0.1, 0.15) is 49.7 Å². The molecule has 0 unspecified atom stereocenters. The highest BCUT2D eigenvalue weighted by Crippen LogP contribution is 2.30. The second-order valence-corrected chi connectivity index (χ2v) is 7.52. The average molecular weight is 368 g/mol. The van der Waals surface area contributed by atoms with Gasteiger partial charge in [-0.3, -0.25) is 4.79 Å². The third kappa shape index (κ3) is 5.00. The van der Waals surface area contributed by atoms with Gasteiger partial charge in [0.05, 0.1) is 5.56 Å². The van der Waals surface area contributed by atoms with Crippen LogP contribution in [0.2, 0.25) is 0 Å². The predicted molar refractivity (Wildman–Crippen MR) is 94.7 cm³/mol. The van der Waals surface area contributed by atoms with Crippen molar-refractivity contribution in [2.45, 2.75) is 57.2 Å². The van der Waals surface area contributed by atoms with E-state index in [4.69, 9.17) is 0 Å². The molecule has 0 saturated carbocycles. The van der Waals surface area contributed by atoms with Gasteiger partial charge in [-0.2, -0.15) is 13.2 Å². The maximum absolute atomic E-state index is 12.8. The van der Waals surface area contributed by atoms with Crippen LogP contribution >= 0.6 is 0 Å². The van der Waals surface area contributed by atoms with Crippen molar-refractivity contribution >= 4 is 5.91 Å². The molecule has 6 heteroatoms. The maximum atomic E-state index is 12.8. The van der Waals surface area contributed by atoms with Crippen LogP contribution in [-0.2, 0) is 17.4 Å². The molecule has 3 nitrogen and oxygen atoms in total. The number of unbranched alkanes of at least 4 members (excludes halogenated alkanes) is 1. The fourth-order valence-corrected chi connectivity index (χ4v) is 4.27. The van der Waals surface area contributed by atoms with Crippen LogP contribution in [0.3, 0.4) is 0 Å². The molecule has 1 N–H and O–H groups in total. The van der Waals surface area contributed by atoms with E-state index in [9.17, 15) is 18.0 Å². The highest BCUT2D eigenvalue weighted by atomic mass is 19.4. The molecule has 0 spiro atoms. The lowest BCUT2D eigenvalue weighted by molar-refractivity contribution is -0.137. The molecule has 0 bridgehead atoms. The predicted octanol–water partition coefficient (Wildman–Crippen LogP) is 4.02. The summed E-state index contributed by atoms with van der Waals surface area (Å²) in [5.41, 5.74) is 0.185. The number of piperidine rings is 1. The third-order valence-corrected chi connectivity index (χ3v) is 5.63. The van der Waals surface area contributed by atoms with E-state index in [1.807, 2.05) is 0 Å². The summed E-state index contributed by atoms with van der Waals surface area (Å²) in [7, 11) is 0. The Morgan fingerprint density at radius 3 is 2.77 bits per heavy atom. The lowest BCUT2D eigenvalue weighted by atomic mass is 9.89. The first-order valence-corrected chi connectivity index (χ1v) is 9.60. The number of rotatable bonds is 6. The fraction of sp³-hybridized carbons (Fsp3) is 0.650. The Hall–Kier alpha value is -1.56. The van der Waals surface area contributed by atoms with Crippen molar-refractivity contribution in [1.29, 1.82) is 0 Å². The molecule has 144 valence electrons. The van der Waals surface area contributed by atoms with E-state index in [0.29, 0.717) is 24.8 Å². The number of hydrogen-bond donors (Lipinski definition) is 1. The summed E-state index contributed by atoms with van der Waals surface area (Å²) in [4.78, 5) is 14.0. The summed E-state index contributed by atoms with van der Waals surface area (Å²) in [5, 5.41) is 2.94. The van der Waals surface area contributed by atoms with E-state index in [1.165, 1.54) is 25.0 Å². The highest BCUT2D eigenvalue weighted by molar-refractivity contribution is 5.78. The number of hydrogen-bond acceptors (Lipinski definition) is 2. The van der Waals surface area contributed by atoms with E-state index in [0.717, 1.165) is 50.5 Å². The summed E-state index contributed by atoms with van der Waals surface area (Å²) in [5.74, 6) is 0.566. The number of likely N-dealkylation sites (tertiary alicyclic amines) is 1. The van der Waals surface area contributed by atoms with Crippen LogP contribution in [-0.4, -0.2) is 36.5 Å². The van der Waals surface area contributed by atoms with Gasteiger partial charge in [0.1, 0.15) is 0 Å². The first-order valence-electron chi connectivity index (χ1n) is 9.60. The summed E-state index contributed by atoms with van der Waals surface area (Å²) < 4.78 is 38.3. The number of carbonyl (C=O) groups excluding carboxylic acids is 1. The minimum absolute atomic E-state index is 0.157. The van der Waals surface area contributed by atoms with Crippen molar-refractivity contribution in [3.05, 3.63) is 35.4 Å². The number of nitrogens with zero attached hydrogens (tertiary/aromatic N) is 1. The Bertz CT molecular complexity index is 617. The Kier molecular flexibility index (Phi) is 6.22. The molecule has 26 heavy (non-hydrogen) atoms. The summed E-state index contributed by atoms with van der Waals surface area (Å²) in [6, 6.07) is 6.12. The number of alkyl halides is 3. The standard InChI is InChI=1S/C20H27F3N2O/c21-20(22,23)17-8-5-7-15(12-17)6-1-3-10-25-11-4-2-9-18(25)16-13-19(26)24-14-16/h5,7-8,12,16,18H,1-4,6,9-11,13-14H2,(H,24,26)/t16-,18-/m0/s1. The number of carbonyl (C=O) groups is 1. The quantitative estimate of drug-likeness (QED) is 0.769. The molecule has 0 aromatic heterocycles. The normalized spacial score (nSPS) is 24.7. The van der Waals surface area contributed by atoms with Gasteiger partial charge in [0.2, 0.25) is 5.91 Å². The minimum Gasteiger partial charge on any atom is -0.356 e. The van der Waals surface area contributed by atoms with Crippen LogP contribution in [0.25, 0.3) is 0 Å². The maximum Gasteiger partial charge on any atom is 0.416 e. The summed E-state index contributed by atoms with van der Waals surface area (Å²) >= 11 is 0. The van der Waals surface area contributed by atoms with Gasteiger partial charge in [0.15, 0.2) is 0 Å². The van der Waals surface area contributed by atoms with Crippen LogP contribution in [0.4, 0.5) is 13.2 Å². The molecule has 0 aliphatic carbocycles. The molecule has 1 amide bonds. The summed E-state index contributed by atoms with van der Waals surface area (Å²) in [6.45, 7) is 2.82. The van der Waals surface area contributed by atoms with E-state index in [2.05, 4.69) is 10.2 Å². The van der Waals surface area contributed by atoms with Gasteiger partial charge in [-0.05, 0) is 56.8 Å². The lowest BCUT2D eigenvalue weighted by Gasteiger charge is -2.38. The van der Waals surface area contributed by atoms with E-state index in [1.54, 1.807) is 6.07 Å². The molecule has 2 aliphatic heterocycles. The molecule has 2 fully saturated rings. The first kappa shape index (κ1) is 19.2. The minimum atomic E-state index is -4.27. The zero-order valence-electron chi connectivity index (χ0n) is 15.0. The Morgan fingerprint density at radius 2 is 2.04 bits per heavy atom. The van der Waals surface area contributed by atoms with Gasteiger partial charge in [-0.15, -0.1) is 0 Å².